The Morgan fingerprint density at radius 1 is 1.21 bits per heavy atom. The van der Waals surface area contributed by atoms with Crippen molar-refractivity contribution in [3.63, 3.8) is 0 Å². The Morgan fingerprint density at radius 2 is 1.79 bits per heavy atom. The van der Waals surface area contributed by atoms with Gasteiger partial charge in [-0.1, -0.05) is 18.7 Å². The molecular weight excluding hydrogens is 238 g/mol. The van der Waals surface area contributed by atoms with Gasteiger partial charge in [0.05, 0.1) is 0 Å². The highest BCUT2D eigenvalue weighted by molar-refractivity contribution is 5.91. The minimum atomic E-state index is -0.428. The van der Waals surface area contributed by atoms with Gasteiger partial charge >= 0.3 is 0 Å². The van der Waals surface area contributed by atoms with E-state index in [4.69, 9.17) is 5.73 Å². The van der Waals surface area contributed by atoms with Crippen molar-refractivity contribution in [2.75, 3.05) is 38.1 Å². The molecule has 4 heteroatoms. The van der Waals surface area contributed by atoms with Gasteiger partial charge in [-0.25, -0.2) is 0 Å². The Morgan fingerprint density at radius 3 is 2.32 bits per heavy atom. The predicted octanol–water partition coefficient (Wildman–Crippen LogP) is 1.02. The van der Waals surface area contributed by atoms with Crippen molar-refractivity contribution in [3.05, 3.63) is 42.0 Å². The second kappa shape index (κ2) is 5.89. The zero-order valence-electron chi connectivity index (χ0n) is 11.4. The molecule has 1 aromatic rings. The summed E-state index contributed by atoms with van der Waals surface area (Å²) < 4.78 is 0. The molecule has 1 heterocycles. The van der Waals surface area contributed by atoms with Crippen molar-refractivity contribution in [1.82, 2.24) is 4.90 Å². The third-order valence-electron chi connectivity index (χ3n) is 3.57. The fraction of sp³-hybridized carbons (Fsp3) is 0.400. The highest BCUT2D eigenvalue weighted by Gasteiger charge is 2.14. The number of hydrogen-bond acceptors (Lipinski definition) is 3. The lowest BCUT2D eigenvalue weighted by Crippen LogP contribution is -2.44. The average molecular weight is 259 g/mol. The summed E-state index contributed by atoms with van der Waals surface area (Å²) in [6.45, 7) is 7.99. The van der Waals surface area contributed by atoms with Crippen LogP contribution < -0.4 is 10.6 Å². The van der Waals surface area contributed by atoms with E-state index in [0.717, 1.165) is 31.7 Å². The van der Waals surface area contributed by atoms with Gasteiger partial charge in [0, 0.05) is 43.9 Å². The second-order valence-corrected chi connectivity index (χ2v) is 5.10. The molecular formula is C15H21N3O. The van der Waals surface area contributed by atoms with Crippen molar-refractivity contribution in [2.24, 2.45) is 5.73 Å². The standard InChI is InChI=1S/C15H21N3O/c1-12(15(16)19)11-13-3-5-14(6-4-13)18-9-7-17(2)8-10-18/h3-6H,1,7-11H2,2H3,(H2,16,19). The molecule has 0 aliphatic carbocycles. The summed E-state index contributed by atoms with van der Waals surface area (Å²) in [5.74, 6) is -0.428. The van der Waals surface area contributed by atoms with E-state index < -0.39 is 5.91 Å². The number of primary amides is 1. The summed E-state index contributed by atoms with van der Waals surface area (Å²) >= 11 is 0. The number of piperazine rings is 1. The number of benzene rings is 1. The fourth-order valence-electron chi connectivity index (χ4n) is 2.22. The zero-order chi connectivity index (χ0) is 13.8. The summed E-state index contributed by atoms with van der Waals surface area (Å²) in [4.78, 5) is 15.7. The molecule has 0 unspecified atom stereocenters. The van der Waals surface area contributed by atoms with E-state index in [0.29, 0.717) is 12.0 Å². The van der Waals surface area contributed by atoms with E-state index in [1.165, 1.54) is 5.69 Å². The van der Waals surface area contributed by atoms with Crippen molar-refractivity contribution in [1.29, 1.82) is 0 Å². The molecule has 0 spiro atoms. The lowest BCUT2D eigenvalue weighted by Gasteiger charge is -2.34. The molecule has 2 rings (SSSR count). The monoisotopic (exact) mass is 259 g/mol. The maximum Gasteiger partial charge on any atom is 0.244 e. The van der Waals surface area contributed by atoms with Crippen molar-refractivity contribution in [2.45, 2.75) is 6.42 Å². The summed E-state index contributed by atoms with van der Waals surface area (Å²) in [6.07, 6.45) is 0.526. The molecule has 4 nitrogen and oxygen atoms in total. The van der Waals surface area contributed by atoms with Crippen LogP contribution in [0.5, 0.6) is 0 Å². The second-order valence-electron chi connectivity index (χ2n) is 5.10. The third-order valence-corrected chi connectivity index (χ3v) is 3.57. The number of rotatable bonds is 4. The van der Waals surface area contributed by atoms with Gasteiger partial charge in [0.1, 0.15) is 0 Å². The largest absolute Gasteiger partial charge is 0.369 e. The minimum Gasteiger partial charge on any atom is -0.369 e. The first-order chi connectivity index (χ1) is 9.06. The Bertz CT molecular complexity index is 459. The Labute approximate surface area is 114 Å². The molecule has 1 aliphatic rings. The summed E-state index contributed by atoms with van der Waals surface area (Å²) in [7, 11) is 2.15. The molecule has 2 N–H and O–H groups in total. The molecule has 1 fully saturated rings. The Balaban J connectivity index is 1.98. The topological polar surface area (TPSA) is 49.6 Å². The van der Waals surface area contributed by atoms with Gasteiger partial charge in [-0.2, -0.15) is 0 Å². The molecule has 0 aromatic heterocycles. The van der Waals surface area contributed by atoms with Crippen LogP contribution in [0.3, 0.4) is 0 Å². The normalized spacial score (nSPS) is 16.4. The Kier molecular flexibility index (Phi) is 4.22. The van der Waals surface area contributed by atoms with Gasteiger partial charge in [0.25, 0.3) is 0 Å². The highest BCUT2D eigenvalue weighted by atomic mass is 16.1. The quantitative estimate of drug-likeness (QED) is 0.821. The molecule has 0 radical (unpaired) electrons. The average Bonchev–Trinajstić information content (AvgIpc) is 2.40. The van der Waals surface area contributed by atoms with Crippen LogP contribution in [0.2, 0.25) is 0 Å². The zero-order valence-corrected chi connectivity index (χ0v) is 11.4. The van der Waals surface area contributed by atoms with Gasteiger partial charge in [-0.3, -0.25) is 4.79 Å². The van der Waals surface area contributed by atoms with Crippen LogP contribution >= 0.6 is 0 Å². The first-order valence-electron chi connectivity index (χ1n) is 6.56. The van der Waals surface area contributed by atoms with Crippen LogP contribution in [0.4, 0.5) is 5.69 Å². The smallest absolute Gasteiger partial charge is 0.244 e. The van der Waals surface area contributed by atoms with E-state index in [1.54, 1.807) is 0 Å². The predicted molar refractivity (Wildman–Crippen MR) is 78.2 cm³/mol. The molecule has 1 saturated heterocycles. The van der Waals surface area contributed by atoms with Crippen LogP contribution in [0.1, 0.15) is 5.56 Å². The van der Waals surface area contributed by atoms with Crippen LogP contribution in [0.15, 0.2) is 36.4 Å². The number of carbonyl (C=O) groups excluding carboxylic acids is 1. The first kappa shape index (κ1) is 13.6. The first-order valence-corrected chi connectivity index (χ1v) is 6.56. The van der Waals surface area contributed by atoms with Gasteiger partial charge in [-0.15, -0.1) is 0 Å². The molecule has 102 valence electrons. The molecule has 1 aromatic carbocycles. The number of amides is 1. The minimum absolute atomic E-state index is 0.428. The van der Waals surface area contributed by atoms with Gasteiger partial charge in [0.2, 0.25) is 5.91 Å². The molecule has 0 saturated carbocycles. The number of likely N-dealkylation sites (N-methyl/N-ethyl adjacent to an activating group) is 1. The van der Waals surface area contributed by atoms with Crippen molar-refractivity contribution < 1.29 is 4.79 Å². The van der Waals surface area contributed by atoms with Crippen LogP contribution in [-0.2, 0) is 11.2 Å². The van der Waals surface area contributed by atoms with Gasteiger partial charge < -0.3 is 15.5 Å². The number of nitrogens with zero attached hydrogens (tertiary/aromatic N) is 2. The third kappa shape index (κ3) is 3.58. The lowest BCUT2D eigenvalue weighted by atomic mass is 10.1. The van der Waals surface area contributed by atoms with Crippen LogP contribution in [0, 0.1) is 0 Å². The molecule has 1 amide bonds. The van der Waals surface area contributed by atoms with E-state index in [1.807, 2.05) is 12.1 Å². The molecule has 0 atom stereocenters. The number of nitrogens with two attached hydrogens (primary N) is 1. The highest BCUT2D eigenvalue weighted by Crippen LogP contribution is 2.18. The number of anilines is 1. The van der Waals surface area contributed by atoms with Crippen LogP contribution in [0.25, 0.3) is 0 Å². The van der Waals surface area contributed by atoms with Crippen LogP contribution in [-0.4, -0.2) is 44.0 Å². The lowest BCUT2D eigenvalue weighted by molar-refractivity contribution is -0.114. The number of hydrogen-bond donors (Lipinski definition) is 1. The maximum absolute atomic E-state index is 11.0. The van der Waals surface area contributed by atoms with Crippen molar-refractivity contribution in [3.8, 4) is 0 Å². The molecule has 0 bridgehead atoms. The van der Waals surface area contributed by atoms with E-state index in [9.17, 15) is 4.79 Å². The molecule has 1 aliphatic heterocycles. The van der Waals surface area contributed by atoms with Crippen molar-refractivity contribution >= 4 is 11.6 Å². The number of carbonyl (C=O) groups is 1. The Hall–Kier alpha value is -1.81. The van der Waals surface area contributed by atoms with E-state index in [2.05, 4.69) is 35.6 Å². The summed E-state index contributed by atoms with van der Waals surface area (Å²) in [6, 6.07) is 8.30. The summed E-state index contributed by atoms with van der Waals surface area (Å²) in [5, 5.41) is 0. The fourth-order valence-corrected chi connectivity index (χ4v) is 2.22. The molecule has 19 heavy (non-hydrogen) atoms. The van der Waals surface area contributed by atoms with E-state index in [-0.39, 0.29) is 0 Å². The van der Waals surface area contributed by atoms with E-state index >= 15 is 0 Å². The van der Waals surface area contributed by atoms with Gasteiger partial charge in [-0.05, 0) is 24.7 Å². The SMILES string of the molecule is C=C(Cc1ccc(N2CCN(C)CC2)cc1)C(N)=O. The summed E-state index contributed by atoms with van der Waals surface area (Å²) in [5.41, 5.74) is 7.95. The maximum atomic E-state index is 11.0. The van der Waals surface area contributed by atoms with Gasteiger partial charge in [0.15, 0.2) is 0 Å².